The van der Waals surface area contributed by atoms with Crippen molar-refractivity contribution in [3.63, 3.8) is 0 Å². The van der Waals surface area contributed by atoms with Crippen LogP contribution >= 0.6 is 0 Å². The third-order valence-electron chi connectivity index (χ3n) is 2.95. The second-order valence-electron chi connectivity index (χ2n) is 4.39. The Morgan fingerprint density at radius 1 is 1.37 bits per heavy atom. The van der Waals surface area contributed by atoms with E-state index >= 15 is 0 Å². The molecule has 0 bridgehead atoms. The number of hydrogen-bond donors (Lipinski definition) is 3. The van der Waals surface area contributed by atoms with Crippen LogP contribution in [0.3, 0.4) is 0 Å². The molecule has 4 N–H and O–H groups in total. The van der Waals surface area contributed by atoms with Gasteiger partial charge < -0.3 is 10.8 Å². The van der Waals surface area contributed by atoms with Crippen LogP contribution in [0.2, 0.25) is 0 Å². The number of sulfonamides is 1. The molecule has 0 saturated carbocycles. The molecule has 19 heavy (non-hydrogen) atoms. The van der Waals surface area contributed by atoms with Gasteiger partial charge in [-0.05, 0) is 30.2 Å². The molecule has 2 atom stereocenters. The second-order valence-corrected chi connectivity index (χ2v) is 6.11. The number of carboxylic acids is 1. The van der Waals surface area contributed by atoms with Crippen molar-refractivity contribution in [2.24, 2.45) is 5.92 Å². The summed E-state index contributed by atoms with van der Waals surface area (Å²) in [4.78, 5) is 11.1. The van der Waals surface area contributed by atoms with E-state index in [-0.39, 0.29) is 10.8 Å². The molecule has 0 aromatic heterocycles. The van der Waals surface area contributed by atoms with Crippen molar-refractivity contribution < 1.29 is 18.3 Å². The summed E-state index contributed by atoms with van der Waals surface area (Å²) in [5, 5.41) is 9.08. The van der Waals surface area contributed by atoms with E-state index in [1.54, 1.807) is 13.8 Å². The van der Waals surface area contributed by atoms with Crippen molar-refractivity contribution in [1.29, 1.82) is 0 Å². The van der Waals surface area contributed by atoms with Crippen LogP contribution in [0.15, 0.2) is 29.2 Å². The number of nitrogens with two attached hydrogens (primary N) is 1. The zero-order chi connectivity index (χ0) is 14.6. The summed E-state index contributed by atoms with van der Waals surface area (Å²) in [5.41, 5.74) is 5.92. The van der Waals surface area contributed by atoms with Gasteiger partial charge in [0, 0.05) is 5.69 Å². The van der Waals surface area contributed by atoms with Crippen molar-refractivity contribution in [3.05, 3.63) is 24.3 Å². The molecule has 6 nitrogen and oxygen atoms in total. The summed E-state index contributed by atoms with van der Waals surface area (Å²) in [5.74, 6) is -1.49. The highest BCUT2D eigenvalue weighted by Crippen LogP contribution is 2.15. The van der Waals surface area contributed by atoms with E-state index < -0.39 is 22.0 Å². The molecular formula is C12H18N2O4S. The summed E-state index contributed by atoms with van der Waals surface area (Å²) in [6, 6.07) is 4.44. The van der Waals surface area contributed by atoms with Crippen LogP contribution in [-0.2, 0) is 14.8 Å². The highest BCUT2D eigenvalue weighted by atomic mass is 32.2. The Kier molecular flexibility index (Phi) is 4.90. The quantitative estimate of drug-likeness (QED) is 0.677. The van der Waals surface area contributed by atoms with Crippen molar-refractivity contribution in [2.45, 2.75) is 31.2 Å². The number of anilines is 1. The van der Waals surface area contributed by atoms with E-state index in [0.717, 1.165) is 0 Å². The zero-order valence-electron chi connectivity index (χ0n) is 10.8. The predicted octanol–water partition coefficient (Wildman–Crippen LogP) is 1.05. The lowest BCUT2D eigenvalue weighted by atomic mass is 10.0. The van der Waals surface area contributed by atoms with Crippen LogP contribution in [-0.4, -0.2) is 25.5 Å². The Bertz CT molecular complexity index is 539. The van der Waals surface area contributed by atoms with E-state index in [1.165, 1.54) is 24.3 Å². The maximum Gasteiger partial charge on any atom is 0.322 e. The zero-order valence-corrected chi connectivity index (χ0v) is 11.6. The molecule has 0 heterocycles. The van der Waals surface area contributed by atoms with Crippen molar-refractivity contribution in [1.82, 2.24) is 4.72 Å². The molecule has 7 heteroatoms. The molecule has 0 aliphatic carbocycles. The Morgan fingerprint density at radius 2 is 1.89 bits per heavy atom. The fourth-order valence-electron chi connectivity index (χ4n) is 1.53. The van der Waals surface area contributed by atoms with Crippen LogP contribution in [0.25, 0.3) is 0 Å². The average Bonchev–Trinajstić information content (AvgIpc) is 2.35. The van der Waals surface area contributed by atoms with Gasteiger partial charge in [0.1, 0.15) is 6.04 Å². The molecule has 0 amide bonds. The van der Waals surface area contributed by atoms with Crippen molar-refractivity contribution in [2.75, 3.05) is 5.73 Å². The van der Waals surface area contributed by atoms with Gasteiger partial charge in [0.2, 0.25) is 10.0 Å². The highest BCUT2D eigenvalue weighted by molar-refractivity contribution is 7.89. The number of rotatable bonds is 6. The van der Waals surface area contributed by atoms with Crippen molar-refractivity contribution in [3.8, 4) is 0 Å². The minimum Gasteiger partial charge on any atom is -0.480 e. The number of aliphatic carboxylic acids is 1. The lowest BCUT2D eigenvalue weighted by molar-refractivity contribution is -0.140. The minimum absolute atomic E-state index is 0.00347. The lowest BCUT2D eigenvalue weighted by Crippen LogP contribution is -2.44. The van der Waals surface area contributed by atoms with Gasteiger partial charge in [0.05, 0.1) is 4.90 Å². The summed E-state index contributed by atoms with van der Waals surface area (Å²) in [6.45, 7) is 3.49. The van der Waals surface area contributed by atoms with Crippen LogP contribution in [0.4, 0.5) is 5.69 Å². The molecule has 106 valence electrons. The standard InChI is InChI=1S/C12H18N2O4S/c1-3-8(2)11(12(15)16)14-19(17,18)10-6-4-9(13)5-7-10/h4-8,11,14H,3,13H2,1-2H3,(H,15,16)/t8-,11-/m0/s1. The maximum absolute atomic E-state index is 12.1. The van der Waals surface area contributed by atoms with Gasteiger partial charge in [-0.2, -0.15) is 4.72 Å². The minimum atomic E-state index is -3.86. The van der Waals surface area contributed by atoms with Gasteiger partial charge in [0.15, 0.2) is 0 Å². The van der Waals surface area contributed by atoms with E-state index in [9.17, 15) is 13.2 Å². The summed E-state index contributed by atoms with van der Waals surface area (Å²) in [7, 11) is -3.86. The van der Waals surface area contributed by atoms with Gasteiger partial charge in [0.25, 0.3) is 0 Å². The number of nitrogen functional groups attached to an aromatic ring is 1. The largest absolute Gasteiger partial charge is 0.480 e. The number of carboxylic acid groups (broad SMARTS) is 1. The smallest absolute Gasteiger partial charge is 0.322 e. The predicted molar refractivity (Wildman–Crippen MR) is 72.1 cm³/mol. The third kappa shape index (κ3) is 3.93. The van der Waals surface area contributed by atoms with Gasteiger partial charge in [-0.1, -0.05) is 20.3 Å². The molecule has 1 rings (SSSR count). The second kappa shape index (κ2) is 6.03. The fourth-order valence-corrected chi connectivity index (χ4v) is 2.83. The summed E-state index contributed by atoms with van der Waals surface area (Å²) < 4.78 is 26.3. The van der Waals surface area contributed by atoms with E-state index in [4.69, 9.17) is 10.8 Å². The van der Waals surface area contributed by atoms with E-state index in [0.29, 0.717) is 12.1 Å². The Hall–Kier alpha value is -1.60. The van der Waals surface area contributed by atoms with E-state index in [1.807, 2.05) is 0 Å². The van der Waals surface area contributed by atoms with Crippen LogP contribution in [0, 0.1) is 5.92 Å². The van der Waals surface area contributed by atoms with Gasteiger partial charge in [-0.3, -0.25) is 4.79 Å². The molecule has 0 fully saturated rings. The number of benzene rings is 1. The molecule has 1 aromatic carbocycles. The molecule has 0 aliphatic rings. The lowest BCUT2D eigenvalue weighted by Gasteiger charge is -2.20. The average molecular weight is 286 g/mol. The molecule has 0 unspecified atom stereocenters. The van der Waals surface area contributed by atoms with E-state index in [2.05, 4.69) is 4.72 Å². The first-order valence-electron chi connectivity index (χ1n) is 5.88. The number of carbonyl (C=O) groups is 1. The first-order chi connectivity index (χ1) is 8.77. The van der Waals surface area contributed by atoms with Crippen LogP contribution in [0.1, 0.15) is 20.3 Å². The van der Waals surface area contributed by atoms with Crippen molar-refractivity contribution >= 4 is 21.7 Å². The molecular weight excluding hydrogens is 268 g/mol. The number of nitrogens with one attached hydrogen (secondary N) is 1. The Morgan fingerprint density at radius 3 is 2.32 bits per heavy atom. The summed E-state index contributed by atoms with van der Waals surface area (Å²) in [6.07, 6.45) is 0.557. The fraction of sp³-hybridized carbons (Fsp3) is 0.417. The molecule has 1 aromatic rings. The first kappa shape index (κ1) is 15.5. The number of hydrogen-bond acceptors (Lipinski definition) is 4. The molecule has 0 saturated heterocycles. The van der Waals surface area contributed by atoms with Gasteiger partial charge in [-0.15, -0.1) is 0 Å². The highest BCUT2D eigenvalue weighted by Gasteiger charge is 2.29. The molecule has 0 spiro atoms. The summed E-state index contributed by atoms with van der Waals surface area (Å²) >= 11 is 0. The Labute approximate surface area is 112 Å². The maximum atomic E-state index is 12.1. The molecule has 0 radical (unpaired) electrons. The van der Waals surface area contributed by atoms with Gasteiger partial charge in [-0.25, -0.2) is 8.42 Å². The monoisotopic (exact) mass is 286 g/mol. The Balaban J connectivity index is 3.00. The molecule has 0 aliphatic heterocycles. The third-order valence-corrected chi connectivity index (χ3v) is 4.41. The normalized spacial score (nSPS) is 14.8. The first-order valence-corrected chi connectivity index (χ1v) is 7.37. The topological polar surface area (TPSA) is 109 Å². The van der Waals surface area contributed by atoms with Crippen LogP contribution in [0.5, 0.6) is 0 Å². The van der Waals surface area contributed by atoms with Crippen LogP contribution < -0.4 is 10.5 Å². The SMILES string of the molecule is CC[C@H](C)[C@H](NS(=O)(=O)c1ccc(N)cc1)C(=O)O. The van der Waals surface area contributed by atoms with Gasteiger partial charge >= 0.3 is 5.97 Å².